The minimum Gasteiger partial charge on any atom is -0.454 e. The van der Waals surface area contributed by atoms with Gasteiger partial charge in [-0.25, -0.2) is 9.97 Å². The standard InChI is InChI=1S/C18H11BrN4O3S2/c19-10-2-3-11-14(6-10)28-18(21-11)23-22-16(24)15-7-20-17(27-15)9-1-4-12-13(5-9)26-8-25-12/h1-7H,8H2,(H,21,23)(H,22,24). The van der Waals surface area contributed by atoms with Crippen molar-refractivity contribution in [2.45, 2.75) is 0 Å². The smallest absolute Gasteiger partial charge is 0.281 e. The summed E-state index contributed by atoms with van der Waals surface area (Å²) in [5.41, 5.74) is 7.28. The summed E-state index contributed by atoms with van der Waals surface area (Å²) in [6.07, 6.45) is 1.55. The Morgan fingerprint density at radius 1 is 1.11 bits per heavy atom. The number of carbonyl (C=O) groups is 1. The molecular weight excluding hydrogens is 464 g/mol. The second-order valence-electron chi connectivity index (χ2n) is 5.81. The van der Waals surface area contributed by atoms with Crippen molar-refractivity contribution >= 4 is 59.9 Å². The molecule has 2 N–H and O–H groups in total. The molecule has 28 heavy (non-hydrogen) atoms. The second-order valence-corrected chi connectivity index (χ2v) is 8.78. The van der Waals surface area contributed by atoms with Crippen molar-refractivity contribution in [3.63, 3.8) is 0 Å². The monoisotopic (exact) mass is 474 g/mol. The third-order valence-corrected chi connectivity index (χ3v) is 6.45. The highest BCUT2D eigenvalue weighted by Crippen LogP contribution is 2.37. The van der Waals surface area contributed by atoms with E-state index in [1.807, 2.05) is 36.4 Å². The first-order valence-electron chi connectivity index (χ1n) is 8.14. The molecule has 10 heteroatoms. The average Bonchev–Trinajstić information content (AvgIpc) is 3.43. The zero-order chi connectivity index (χ0) is 19.1. The molecule has 1 amide bonds. The van der Waals surface area contributed by atoms with Crippen molar-refractivity contribution in [1.29, 1.82) is 0 Å². The van der Waals surface area contributed by atoms with Crippen LogP contribution in [-0.4, -0.2) is 22.7 Å². The van der Waals surface area contributed by atoms with Crippen molar-refractivity contribution in [1.82, 2.24) is 15.4 Å². The van der Waals surface area contributed by atoms with Crippen LogP contribution in [0.3, 0.4) is 0 Å². The number of fused-ring (bicyclic) bond motifs is 2. The van der Waals surface area contributed by atoms with Crippen LogP contribution in [0.4, 0.5) is 5.13 Å². The average molecular weight is 475 g/mol. The van der Waals surface area contributed by atoms with Crippen molar-refractivity contribution in [3.05, 3.63) is 51.9 Å². The van der Waals surface area contributed by atoms with Gasteiger partial charge in [0.2, 0.25) is 11.9 Å². The molecule has 2 aromatic heterocycles. The first-order valence-corrected chi connectivity index (χ1v) is 10.6. The number of nitrogens with zero attached hydrogens (tertiary/aromatic N) is 2. The van der Waals surface area contributed by atoms with Gasteiger partial charge >= 0.3 is 0 Å². The van der Waals surface area contributed by atoms with E-state index in [1.165, 1.54) is 22.7 Å². The van der Waals surface area contributed by atoms with Gasteiger partial charge in [-0.1, -0.05) is 27.3 Å². The number of ether oxygens (including phenoxy) is 2. The summed E-state index contributed by atoms with van der Waals surface area (Å²) >= 11 is 6.20. The predicted octanol–water partition coefficient (Wildman–Crippen LogP) is 4.67. The lowest BCUT2D eigenvalue weighted by Gasteiger charge is -2.02. The summed E-state index contributed by atoms with van der Waals surface area (Å²) in [7, 11) is 0. The molecule has 0 radical (unpaired) electrons. The van der Waals surface area contributed by atoms with Gasteiger partial charge in [-0.3, -0.25) is 15.6 Å². The molecule has 0 atom stereocenters. The molecule has 7 nitrogen and oxygen atoms in total. The maximum absolute atomic E-state index is 12.4. The van der Waals surface area contributed by atoms with Gasteiger partial charge in [0.1, 0.15) is 9.88 Å². The SMILES string of the molecule is O=C(NNc1nc2ccc(Br)cc2s1)c1cnc(-c2ccc3c(c2)OCO3)s1. The Morgan fingerprint density at radius 2 is 2.00 bits per heavy atom. The molecule has 2 aromatic carbocycles. The zero-order valence-electron chi connectivity index (χ0n) is 14.1. The van der Waals surface area contributed by atoms with Gasteiger partial charge in [0.25, 0.3) is 5.91 Å². The number of hydrazine groups is 1. The van der Waals surface area contributed by atoms with E-state index in [1.54, 1.807) is 6.20 Å². The molecule has 4 aromatic rings. The number of benzene rings is 2. The maximum atomic E-state index is 12.4. The molecule has 0 fully saturated rings. The number of nitrogens with one attached hydrogen (secondary N) is 2. The summed E-state index contributed by atoms with van der Waals surface area (Å²) in [4.78, 5) is 21.7. The van der Waals surface area contributed by atoms with Crippen molar-refractivity contribution in [3.8, 4) is 22.1 Å². The molecule has 0 bridgehead atoms. The van der Waals surface area contributed by atoms with Crippen LogP contribution in [0.2, 0.25) is 0 Å². The number of thiazole rings is 2. The van der Waals surface area contributed by atoms with Crippen molar-refractivity contribution in [2.75, 3.05) is 12.2 Å². The van der Waals surface area contributed by atoms with E-state index in [0.29, 0.717) is 21.5 Å². The Kier molecular flexibility index (Phi) is 4.38. The molecular formula is C18H11BrN4O3S2. The zero-order valence-corrected chi connectivity index (χ0v) is 17.3. The van der Waals surface area contributed by atoms with Crippen LogP contribution >= 0.6 is 38.6 Å². The van der Waals surface area contributed by atoms with Gasteiger partial charge in [0.05, 0.1) is 16.4 Å². The van der Waals surface area contributed by atoms with Crippen LogP contribution in [0.15, 0.2) is 47.1 Å². The number of amides is 1. The topological polar surface area (TPSA) is 85.4 Å². The Hall–Kier alpha value is -2.69. The largest absolute Gasteiger partial charge is 0.454 e. The van der Waals surface area contributed by atoms with Gasteiger partial charge in [-0.2, -0.15) is 0 Å². The first-order chi connectivity index (χ1) is 13.7. The van der Waals surface area contributed by atoms with Gasteiger partial charge < -0.3 is 9.47 Å². The lowest BCUT2D eigenvalue weighted by atomic mass is 10.2. The second kappa shape index (κ2) is 7.04. The Morgan fingerprint density at radius 3 is 2.93 bits per heavy atom. The van der Waals surface area contributed by atoms with Gasteiger partial charge in [-0.05, 0) is 36.4 Å². The predicted molar refractivity (Wildman–Crippen MR) is 112 cm³/mol. The number of hydrogen-bond donors (Lipinski definition) is 2. The molecule has 1 aliphatic heterocycles. The van der Waals surface area contributed by atoms with Crippen LogP contribution in [0.5, 0.6) is 11.5 Å². The van der Waals surface area contributed by atoms with Crippen LogP contribution in [0.1, 0.15) is 9.67 Å². The maximum Gasteiger partial charge on any atom is 0.281 e. The number of carbonyl (C=O) groups excluding carboxylic acids is 1. The fraction of sp³-hybridized carbons (Fsp3) is 0.0556. The van der Waals surface area contributed by atoms with E-state index < -0.39 is 0 Å². The fourth-order valence-electron chi connectivity index (χ4n) is 2.67. The molecule has 0 spiro atoms. The van der Waals surface area contributed by atoms with E-state index in [2.05, 4.69) is 36.7 Å². The van der Waals surface area contributed by atoms with Gasteiger partial charge in [-0.15, -0.1) is 11.3 Å². The highest BCUT2D eigenvalue weighted by Gasteiger charge is 2.17. The van der Waals surface area contributed by atoms with E-state index in [9.17, 15) is 4.79 Å². The molecule has 0 saturated heterocycles. The van der Waals surface area contributed by atoms with Crippen LogP contribution in [-0.2, 0) is 0 Å². The molecule has 0 aliphatic carbocycles. The summed E-state index contributed by atoms with van der Waals surface area (Å²) < 4.78 is 12.7. The Balaban J connectivity index is 1.29. The van der Waals surface area contributed by atoms with E-state index in [4.69, 9.17) is 9.47 Å². The molecule has 5 rings (SSSR count). The highest BCUT2D eigenvalue weighted by atomic mass is 79.9. The molecule has 140 valence electrons. The molecule has 0 saturated carbocycles. The molecule has 3 heterocycles. The number of anilines is 1. The highest BCUT2D eigenvalue weighted by molar-refractivity contribution is 9.10. The minimum absolute atomic E-state index is 0.221. The third-order valence-electron chi connectivity index (χ3n) is 3.98. The van der Waals surface area contributed by atoms with Crippen LogP contribution in [0.25, 0.3) is 20.8 Å². The quantitative estimate of drug-likeness (QED) is 0.418. The molecule has 0 unspecified atom stereocenters. The Bertz CT molecular complexity index is 1210. The summed E-state index contributed by atoms with van der Waals surface area (Å²) in [5, 5.41) is 1.34. The van der Waals surface area contributed by atoms with Crippen molar-refractivity contribution in [2.24, 2.45) is 0 Å². The first kappa shape index (κ1) is 17.4. The van der Waals surface area contributed by atoms with Gasteiger partial charge in [0.15, 0.2) is 11.5 Å². The lowest BCUT2D eigenvalue weighted by molar-refractivity contribution is 0.0966. The Labute approximate surface area is 175 Å². The minimum atomic E-state index is -0.273. The fourth-order valence-corrected chi connectivity index (χ4v) is 4.84. The number of halogens is 1. The van der Waals surface area contributed by atoms with Crippen LogP contribution in [0, 0.1) is 0 Å². The summed E-state index contributed by atoms with van der Waals surface area (Å²) in [6, 6.07) is 11.4. The number of aromatic nitrogens is 2. The summed E-state index contributed by atoms with van der Waals surface area (Å²) in [6.45, 7) is 0.221. The lowest BCUT2D eigenvalue weighted by Crippen LogP contribution is -2.28. The van der Waals surface area contributed by atoms with E-state index in [-0.39, 0.29) is 12.7 Å². The number of hydrogen-bond acceptors (Lipinski definition) is 8. The summed E-state index contributed by atoms with van der Waals surface area (Å²) in [5.74, 6) is 1.12. The van der Waals surface area contributed by atoms with E-state index >= 15 is 0 Å². The van der Waals surface area contributed by atoms with Gasteiger partial charge in [0, 0.05) is 10.0 Å². The number of rotatable bonds is 4. The molecule has 1 aliphatic rings. The normalized spacial score (nSPS) is 12.3. The van der Waals surface area contributed by atoms with E-state index in [0.717, 1.165) is 25.3 Å². The third kappa shape index (κ3) is 3.30. The van der Waals surface area contributed by atoms with Crippen molar-refractivity contribution < 1.29 is 14.3 Å². The van der Waals surface area contributed by atoms with Crippen LogP contribution < -0.4 is 20.3 Å².